The zero-order chi connectivity index (χ0) is 19.9. The van der Waals surface area contributed by atoms with Crippen LogP contribution < -0.4 is 9.64 Å². The molecule has 1 fully saturated rings. The number of methoxy groups -OCH3 is 1. The van der Waals surface area contributed by atoms with Crippen molar-refractivity contribution in [3.63, 3.8) is 0 Å². The number of ketones is 1. The average Bonchev–Trinajstić information content (AvgIpc) is 2.74. The summed E-state index contributed by atoms with van der Waals surface area (Å²) >= 11 is 0. The molecule has 0 bridgehead atoms. The lowest BCUT2D eigenvalue weighted by molar-refractivity contribution is 0.104. The lowest BCUT2D eigenvalue weighted by atomic mass is 10.1. The fourth-order valence-electron chi connectivity index (χ4n) is 3.23. The summed E-state index contributed by atoms with van der Waals surface area (Å²) in [6, 6.07) is 13.6. The van der Waals surface area contributed by atoms with Crippen molar-refractivity contribution in [2.24, 2.45) is 0 Å². The van der Waals surface area contributed by atoms with Crippen LogP contribution in [0.25, 0.3) is 5.76 Å². The highest BCUT2D eigenvalue weighted by Crippen LogP contribution is 2.25. The van der Waals surface area contributed by atoms with E-state index in [-0.39, 0.29) is 5.76 Å². The normalized spacial score (nSPS) is 14.5. The minimum absolute atomic E-state index is 0.152. The van der Waals surface area contributed by atoms with Gasteiger partial charge in [0.2, 0.25) is 0 Å². The van der Waals surface area contributed by atoms with Gasteiger partial charge in [0, 0.05) is 36.0 Å². The van der Waals surface area contributed by atoms with Gasteiger partial charge in [-0.25, -0.2) is 8.63 Å². The van der Waals surface area contributed by atoms with Crippen LogP contribution in [0.15, 0.2) is 54.6 Å². The van der Waals surface area contributed by atoms with Crippen molar-refractivity contribution in [3.8, 4) is 5.75 Å². The summed E-state index contributed by atoms with van der Waals surface area (Å²) < 4.78 is 35.5. The molecule has 3 rings (SSSR count). The van der Waals surface area contributed by atoms with E-state index in [0.717, 1.165) is 37.7 Å². The zero-order valence-corrected chi connectivity index (χ0v) is 15.7. The second-order valence-corrected chi connectivity index (χ2v) is 6.57. The molecule has 0 amide bonds. The summed E-state index contributed by atoms with van der Waals surface area (Å²) in [7, 11) is -1.49. The smallest absolute Gasteiger partial charge is 0.505 e. The molecule has 2 aromatic rings. The summed E-state index contributed by atoms with van der Waals surface area (Å²) in [6.45, 7) is 1.98. The maximum Gasteiger partial charge on any atom is 0.796 e. The van der Waals surface area contributed by atoms with Gasteiger partial charge in [0.05, 0.1) is 7.11 Å². The average molecular weight is 385 g/mol. The first kappa shape index (κ1) is 19.9. The Labute approximate surface area is 164 Å². The van der Waals surface area contributed by atoms with Crippen molar-refractivity contribution in [1.82, 2.24) is 0 Å². The van der Waals surface area contributed by atoms with Gasteiger partial charge in [0.25, 0.3) is 0 Å². The Bertz CT molecular complexity index is 817. The molecule has 0 radical (unpaired) electrons. The molecule has 0 spiro atoms. The third-order valence-corrected chi connectivity index (χ3v) is 4.73. The quantitative estimate of drug-likeness (QED) is 0.296. The van der Waals surface area contributed by atoms with Gasteiger partial charge in [-0.2, -0.15) is 0 Å². The van der Waals surface area contributed by atoms with Gasteiger partial charge in [0.15, 0.2) is 5.78 Å². The molecule has 7 heteroatoms. The van der Waals surface area contributed by atoms with Crippen molar-refractivity contribution in [1.29, 1.82) is 0 Å². The van der Waals surface area contributed by atoms with Crippen molar-refractivity contribution in [3.05, 3.63) is 65.7 Å². The SMILES string of the molecule is COc1ccc(C(=O)/C=C(\OB(F)F)c2ccc(N3CCCCC3)cc2)cc1. The molecule has 0 aliphatic carbocycles. The molecule has 0 N–H and O–H groups in total. The molecule has 4 nitrogen and oxygen atoms in total. The van der Waals surface area contributed by atoms with E-state index in [1.165, 1.54) is 13.5 Å². The topological polar surface area (TPSA) is 38.8 Å². The monoisotopic (exact) mass is 385 g/mol. The number of anilines is 1. The number of rotatable bonds is 7. The number of carbonyl (C=O) groups excluding carboxylic acids is 1. The van der Waals surface area contributed by atoms with Gasteiger partial charge in [-0.15, -0.1) is 0 Å². The van der Waals surface area contributed by atoms with E-state index in [2.05, 4.69) is 9.55 Å². The molecular formula is C21H22BF2NO3. The number of hydrogen-bond acceptors (Lipinski definition) is 4. The third-order valence-electron chi connectivity index (χ3n) is 4.73. The lowest BCUT2D eigenvalue weighted by Gasteiger charge is -2.28. The predicted octanol–water partition coefficient (Wildman–Crippen LogP) is 4.85. The molecule has 1 heterocycles. The van der Waals surface area contributed by atoms with E-state index in [9.17, 15) is 13.4 Å². The Morgan fingerprint density at radius 1 is 0.964 bits per heavy atom. The van der Waals surface area contributed by atoms with Crippen molar-refractivity contribution >= 4 is 24.7 Å². The highest BCUT2D eigenvalue weighted by molar-refractivity contribution is 6.36. The minimum atomic E-state index is -3.02. The second-order valence-electron chi connectivity index (χ2n) is 6.57. The van der Waals surface area contributed by atoms with Crippen LogP contribution in [0.3, 0.4) is 0 Å². The molecule has 146 valence electrons. The third kappa shape index (κ3) is 5.12. The van der Waals surface area contributed by atoms with Crippen LogP contribution >= 0.6 is 0 Å². The Morgan fingerprint density at radius 2 is 1.57 bits per heavy atom. The predicted molar refractivity (Wildman–Crippen MR) is 107 cm³/mol. The number of allylic oxidation sites excluding steroid dienone is 1. The van der Waals surface area contributed by atoms with Gasteiger partial charge in [-0.05, 0) is 67.8 Å². The molecule has 28 heavy (non-hydrogen) atoms. The van der Waals surface area contributed by atoms with E-state index in [1.807, 2.05) is 12.1 Å². The van der Waals surface area contributed by atoms with Crippen LogP contribution in [0, 0.1) is 0 Å². The second kappa shape index (κ2) is 9.40. The number of nitrogens with zero attached hydrogens (tertiary/aromatic N) is 1. The summed E-state index contributed by atoms with van der Waals surface area (Å²) in [5.41, 5.74) is 1.84. The zero-order valence-electron chi connectivity index (χ0n) is 15.7. The van der Waals surface area contributed by atoms with Crippen LogP contribution in [0.5, 0.6) is 5.75 Å². The number of benzene rings is 2. The van der Waals surface area contributed by atoms with Gasteiger partial charge in [-0.3, -0.25) is 4.79 Å². The fraction of sp³-hybridized carbons (Fsp3) is 0.286. The highest BCUT2D eigenvalue weighted by Gasteiger charge is 2.21. The Balaban J connectivity index is 1.82. The van der Waals surface area contributed by atoms with Crippen LogP contribution in [0.4, 0.5) is 14.3 Å². The van der Waals surface area contributed by atoms with E-state index >= 15 is 0 Å². The lowest BCUT2D eigenvalue weighted by Crippen LogP contribution is -2.29. The van der Waals surface area contributed by atoms with Crippen molar-refractivity contribution < 1.29 is 22.8 Å². The molecule has 2 aromatic carbocycles. The highest BCUT2D eigenvalue weighted by atomic mass is 19.2. The Kier molecular flexibility index (Phi) is 6.69. The molecule has 1 saturated heterocycles. The summed E-state index contributed by atoms with van der Waals surface area (Å²) in [6.07, 6.45) is 4.64. The first-order valence-corrected chi connectivity index (χ1v) is 9.27. The fourth-order valence-corrected chi connectivity index (χ4v) is 3.23. The number of piperidine rings is 1. The Hall–Kier alpha value is -2.83. The van der Waals surface area contributed by atoms with E-state index in [1.54, 1.807) is 36.4 Å². The molecule has 0 atom stereocenters. The van der Waals surface area contributed by atoms with Crippen LogP contribution in [-0.2, 0) is 4.65 Å². The number of hydrogen-bond donors (Lipinski definition) is 0. The van der Waals surface area contributed by atoms with Crippen LogP contribution in [0.2, 0.25) is 0 Å². The van der Waals surface area contributed by atoms with E-state index < -0.39 is 13.3 Å². The maximum absolute atomic E-state index is 12.9. The first-order chi connectivity index (χ1) is 13.6. The number of carbonyl (C=O) groups is 1. The van der Waals surface area contributed by atoms with Gasteiger partial charge in [-0.1, -0.05) is 0 Å². The van der Waals surface area contributed by atoms with E-state index in [0.29, 0.717) is 16.9 Å². The van der Waals surface area contributed by atoms with Crippen LogP contribution in [-0.4, -0.2) is 33.5 Å². The maximum atomic E-state index is 12.9. The number of ether oxygens (including phenoxy) is 1. The summed E-state index contributed by atoms with van der Waals surface area (Å²) in [4.78, 5) is 14.7. The minimum Gasteiger partial charge on any atom is -0.505 e. The molecule has 0 unspecified atom stereocenters. The van der Waals surface area contributed by atoms with Gasteiger partial charge in [0.1, 0.15) is 11.5 Å². The van der Waals surface area contributed by atoms with Crippen molar-refractivity contribution in [2.75, 3.05) is 25.1 Å². The summed E-state index contributed by atoms with van der Waals surface area (Å²) in [5, 5.41) is 0. The van der Waals surface area contributed by atoms with E-state index in [4.69, 9.17) is 4.74 Å². The van der Waals surface area contributed by atoms with Gasteiger partial charge >= 0.3 is 7.47 Å². The molecule has 1 aliphatic rings. The molecule has 0 aromatic heterocycles. The Morgan fingerprint density at radius 3 is 2.14 bits per heavy atom. The molecule has 1 aliphatic heterocycles. The van der Waals surface area contributed by atoms with Gasteiger partial charge < -0.3 is 14.3 Å². The molecular weight excluding hydrogens is 363 g/mol. The standard InChI is InChI=1S/C21H22BF2NO3/c1-27-19-11-7-16(8-12-19)20(26)15-21(28-22(23)24)17-5-9-18(10-6-17)25-13-3-2-4-14-25/h5-12,15H,2-4,13-14H2,1H3/b21-15-. The largest absolute Gasteiger partial charge is 0.796 e. The first-order valence-electron chi connectivity index (χ1n) is 9.27. The number of halogens is 2. The van der Waals surface area contributed by atoms with Crippen molar-refractivity contribution in [2.45, 2.75) is 19.3 Å². The van der Waals surface area contributed by atoms with Crippen LogP contribution in [0.1, 0.15) is 35.2 Å². The molecule has 0 saturated carbocycles. The summed E-state index contributed by atoms with van der Waals surface area (Å²) in [5.74, 6) is 0.0392.